The lowest BCUT2D eigenvalue weighted by Crippen LogP contribution is -2.40. The van der Waals surface area contributed by atoms with Gasteiger partial charge in [0, 0.05) is 18.8 Å². The van der Waals surface area contributed by atoms with E-state index in [0.29, 0.717) is 19.0 Å². The first kappa shape index (κ1) is 18.2. The summed E-state index contributed by atoms with van der Waals surface area (Å²) in [6.45, 7) is 9.49. The second-order valence-corrected chi connectivity index (χ2v) is 5.84. The average Bonchev–Trinajstić information content (AvgIpc) is 2.51. The Labute approximate surface area is 133 Å². The fourth-order valence-corrected chi connectivity index (χ4v) is 2.37. The number of rotatable bonds is 7. The van der Waals surface area contributed by atoms with Gasteiger partial charge in [-0.3, -0.25) is 9.59 Å². The molecular formula is C18H28N2O2. The highest BCUT2D eigenvalue weighted by Gasteiger charge is 2.21. The molecule has 0 spiro atoms. The average molecular weight is 304 g/mol. The molecule has 1 rings (SSSR count). The maximum atomic E-state index is 12.3. The largest absolute Gasteiger partial charge is 0.334 e. The monoisotopic (exact) mass is 304 g/mol. The molecule has 4 heteroatoms. The SMILES string of the molecule is CCCCN(CCC)C(=O)C(=O)Nc1ccccc1C(C)C. The van der Waals surface area contributed by atoms with Gasteiger partial charge in [-0.25, -0.2) is 0 Å². The second-order valence-electron chi connectivity index (χ2n) is 5.84. The number of para-hydroxylation sites is 1. The molecule has 0 aliphatic carbocycles. The van der Waals surface area contributed by atoms with Crippen molar-refractivity contribution >= 4 is 17.5 Å². The van der Waals surface area contributed by atoms with Gasteiger partial charge in [-0.2, -0.15) is 0 Å². The minimum atomic E-state index is -0.544. The molecule has 1 aromatic rings. The number of hydrogen-bond donors (Lipinski definition) is 1. The molecule has 22 heavy (non-hydrogen) atoms. The summed E-state index contributed by atoms with van der Waals surface area (Å²) in [6.07, 6.45) is 2.78. The van der Waals surface area contributed by atoms with Crippen molar-refractivity contribution in [3.63, 3.8) is 0 Å². The number of hydrogen-bond acceptors (Lipinski definition) is 2. The number of nitrogens with one attached hydrogen (secondary N) is 1. The van der Waals surface area contributed by atoms with Gasteiger partial charge in [-0.05, 0) is 30.4 Å². The van der Waals surface area contributed by atoms with Crippen LogP contribution in [0.3, 0.4) is 0 Å². The molecular weight excluding hydrogens is 276 g/mol. The van der Waals surface area contributed by atoms with E-state index in [4.69, 9.17) is 0 Å². The van der Waals surface area contributed by atoms with Gasteiger partial charge in [-0.15, -0.1) is 0 Å². The fraction of sp³-hybridized carbons (Fsp3) is 0.556. The Bertz CT molecular complexity index is 498. The van der Waals surface area contributed by atoms with Crippen molar-refractivity contribution in [3.8, 4) is 0 Å². The van der Waals surface area contributed by atoms with E-state index in [1.54, 1.807) is 4.90 Å². The number of carbonyl (C=O) groups excluding carboxylic acids is 2. The van der Waals surface area contributed by atoms with E-state index in [9.17, 15) is 9.59 Å². The highest BCUT2D eigenvalue weighted by atomic mass is 16.2. The molecule has 2 amide bonds. The summed E-state index contributed by atoms with van der Waals surface area (Å²) < 4.78 is 0. The van der Waals surface area contributed by atoms with E-state index in [0.717, 1.165) is 30.5 Å². The molecule has 1 N–H and O–H groups in total. The minimum absolute atomic E-state index is 0.290. The Kier molecular flexibility index (Phi) is 7.64. The number of anilines is 1. The molecule has 0 aliphatic rings. The predicted octanol–water partition coefficient (Wildman–Crippen LogP) is 3.79. The van der Waals surface area contributed by atoms with Crippen LogP contribution in [0.5, 0.6) is 0 Å². The van der Waals surface area contributed by atoms with E-state index < -0.39 is 11.8 Å². The lowest BCUT2D eigenvalue weighted by molar-refractivity contribution is -0.143. The number of unbranched alkanes of at least 4 members (excludes halogenated alkanes) is 1. The van der Waals surface area contributed by atoms with Crippen molar-refractivity contribution in [2.45, 2.75) is 52.9 Å². The topological polar surface area (TPSA) is 49.4 Å². The smallest absolute Gasteiger partial charge is 0.313 e. The van der Waals surface area contributed by atoms with Gasteiger partial charge in [0.25, 0.3) is 0 Å². The van der Waals surface area contributed by atoms with Crippen LogP contribution in [0.4, 0.5) is 5.69 Å². The van der Waals surface area contributed by atoms with Crippen LogP contribution in [0.1, 0.15) is 58.4 Å². The summed E-state index contributed by atoms with van der Waals surface area (Å²) >= 11 is 0. The highest BCUT2D eigenvalue weighted by Crippen LogP contribution is 2.23. The maximum absolute atomic E-state index is 12.3. The Morgan fingerprint density at radius 1 is 1.09 bits per heavy atom. The molecule has 0 aliphatic heterocycles. The number of benzene rings is 1. The minimum Gasteiger partial charge on any atom is -0.334 e. The first-order valence-electron chi connectivity index (χ1n) is 8.20. The van der Waals surface area contributed by atoms with Gasteiger partial charge in [0.1, 0.15) is 0 Å². The standard InChI is InChI=1S/C18H28N2O2/c1-5-7-13-20(12-6-2)18(22)17(21)19-16-11-9-8-10-15(16)14(3)4/h8-11,14H,5-7,12-13H2,1-4H3,(H,19,21). The van der Waals surface area contributed by atoms with Gasteiger partial charge in [0.05, 0.1) is 0 Å². The third-order valence-electron chi connectivity index (χ3n) is 3.59. The van der Waals surface area contributed by atoms with Crippen molar-refractivity contribution < 1.29 is 9.59 Å². The van der Waals surface area contributed by atoms with Crippen LogP contribution in [0, 0.1) is 0 Å². The summed E-state index contributed by atoms with van der Waals surface area (Å²) in [7, 11) is 0. The van der Waals surface area contributed by atoms with Crippen LogP contribution in [-0.4, -0.2) is 29.8 Å². The predicted molar refractivity (Wildman–Crippen MR) is 90.9 cm³/mol. The van der Waals surface area contributed by atoms with Crippen molar-refractivity contribution in [2.75, 3.05) is 18.4 Å². The van der Waals surface area contributed by atoms with Crippen molar-refractivity contribution in [3.05, 3.63) is 29.8 Å². The van der Waals surface area contributed by atoms with E-state index >= 15 is 0 Å². The highest BCUT2D eigenvalue weighted by molar-refractivity contribution is 6.39. The fourth-order valence-electron chi connectivity index (χ4n) is 2.37. The zero-order valence-electron chi connectivity index (χ0n) is 14.2. The molecule has 0 fully saturated rings. The van der Waals surface area contributed by atoms with Crippen molar-refractivity contribution in [1.82, 2.24) is 4.90 Å². The third kappa shape index (κ3) is 5.17. The summed E-state index contributed by atoms with van der Waals surface area (Å²) in [5, 5.41) is 2.78. The molecule has 0 saturated heterocycles. The molecule has 0 aromatic heterocycles. The molecule has 4 nitrogen and oxygen atoms in total. The molecule has 0 atom stereocenters. The zero-order valence-corrected chi connectivity index (χ0v) is 14.2. The molecule has 0 unspecified atom stereocenters. The van der Waals surface area contributed by atoms with Gasteiger partial charge in [-0.1, -0.05) is 52.3 Å². The normalized spacial score (nSPS) is 10.6. The van der Waals surface area contributed by atoms with Crippen LogP contribution in [0.25, 0.3) is 0 Å². The van der Waals surface area contributed by atoms with E-state index in [1.807, 2.05) is 31.2 Å². The Hall–Kier alpha value is -1.84. The van der Waals surface area contributed by atoms with E-state index in [2.05, 4.69) is 26.1 Å². The molecule has 122 valence electrons. The molecule has 0 heterocycles. The van der Waals surface area contributed by atoms with Crippen LogP contribution in [0.15, 0.2) is 24.3 Å². The van der Waals surface area contributed by atoms with Crippen molar-refractivity contribution in [1.29, 1.82) is 0 Å². The molecule has 0 radical (unpaired) electrons. The Morgan fingerprint density at radius 3 is 2.36 bits per heavy atom. The molecule has 0 bridgehead atoms. The van der Waals surface area contributed by atoms with Crippen LogP contribution in [-0.2, 0) is 9.59 Å². The summed E-state index contributed by atoms with van der Waals surface area (Å²) in [6, 6.07) is 7.63. The number of carbonyl (C=O) groups is 2. The summed E-state index contributed by atoms with van der Waals surface area (Å²) in [4.78, 5) is 26.3. The number of nitrogens with zero attached hydrogens (tertiary/aromatic N) is 1. The number of amides is 2. The molecule has 1 aromatic carbocycles. The first-order chi connectivity index (χ1) is 10.5. The van der Waals surface area contributed by atoms with Crippen LogP contribution >= 0.6 is 0 Å². The van der Waals surface area contributed by atoms with Crippen LogP contribution < -0.4 is 5.32 Å². The van der Waals surface area contributed by atoms with Gasteiger partial charge in [0.2, 0.25) is 0 Å². The maximum Gasteiger partial charge on any atom is 0.313 e. The van der Waals surface area contributed by atoms with Gasteiger partial charge in [0.15, 0.2) is 0 Å². The first-order valence-corrected chi connectivity index (χ1v) is 8.20. The Morgan fingerprint density at radius 2 is 1.77 bits per heavy atom. The van der Waals surface area contributed by atoms with E-state index in [-0.39, 0.29) is 0 Å². The lowest BCUT2D eigenvalue weighted by Gasteiger charge is -2.22. The van der Waals surface area contributed by atoms with E-state index in [1.165, 1.54) is 0 Å². The Balaban J connectivity index is 2.80. The quantitative estimate of drug-likeness (QED) is 0.779. The van der Waals surface area contributed by atoms with Crippen LogP contribution in [0.2, 0.25) is 0 Å². The van der Waals surface area contributed by atoms with Gasteiger partial charge < -0.3 is 10.2 Å². The zero-order chi connectivity index (χ0) is 16.5. The summed E-state index contributed by atoms with van der Waals surface area (Å²) in [5.74, 6) is -0.690. The third-order valence-corrected chi connectivity index (χ3v) is 3.59. The van der Waals surface area contributed by atoms with Crippen molar-refractivity contribution in [2.24, 2.45) is 0 Å². The lowest BCUT2D eigenvalue weighted by atomic mass is 10.0. The van der Waals surface area contributed by atoms with Gasteiger partial charge >= 0.3 is 11.8 Å². The molecule has 0 saturated carbocycles. The summed E-state index contributed by atoms with van der Waals surface area (Å²) in [5.41, 5.74) is 1.77. The second kappa shape index (κ2) is 9.23.